The van der Waals surface area contributed by atoms with E-state index in [1.165, 1.54) is 6.20 Å². The summed E-state index contributed by atoms with van der Waals surface area (Å²) in [5.74, 6) is 0. The van der Waals surface area contributed by atoms with Gasteiger partial charge in [-0.2, -0.15) is 18.3 Å². The van der Waals surface area contributed by atoms with E-state index in [1.807, 2.05) is 0 Å². The number of anilines is 1. The third-order valence-electron chi connectivity index (χ3n) is 2.40. The summed E-state index contributed by atoms with van der Waals surface area (Å²) in [5, 5.41) is 3.53. The van der Waals surface area contributed by atoms with Crippen LogP contribution in [-0.4, -0.2) is 36.1 Å². The van der Waals surface area contributed by atoms with E-state index in [4.69, 9.17) is 5.73 Å². The molecule has 1 aromatic heterocycles. The van der Waals surface area contributed by atoms with Crippen molar-refractivity contribution in [1.82, 2.24) is 9.78 Å². The first kappa shape index (κ1) is 16.0. The van der Waals surface area contributed by atoms with Gasteiger partial charge in [0, 0.05) is 13.6 Å². The second-order valence-electron chi connectivity index (χ2n) is 3.99. The molecule has 2 N–H and O–H groups in total. The van der Waals surface area contributed by atoms with Gasteiger partial charge in [0.1, 0.15) is 11.0 Å². The van der Waals surface area contributed by atoms with Crippen LogP contribution >= 0.6 is 15.9 Å². The second kappa shape index (κ2) is 6.38. The molecule has 0 radical (unpaired) electrons. The summed E-state index contributed by atoms with van der Waals surface area (Å²) in [6, 6.07) is 0. The van der Waals surface area contributed by atoms with Gasteiger partial charge in [0.05, 0.1) is 11.9 Å². The topological polar surface area (TPSA) is 64.2 Å². The Bertz CT molecular complexity index is 489. The van der Waals surface area contributed by atoms with E-state index in [9.17, 15) is 18.0 Å². The Morgan fingerprint density at radius 3 is 2.68 bits per heavy atom. The van der Waals surface area contributed by atoms with Gasteiger partial charge in [-0.15, -0.1) is 0 Å². The Morgan fingerprint density at radius 1 is 1.53 bits per heavy atom. The summed E-state index contributed by atoms with van der Waals surface area (Å²) in [7, 11) is 1.71. The third kappa shape index (κ3) is 4.50. The zero-order valence-corrected chi connectivity index (χ0v) is 11.8. The summed E-state index contributed by atoms with van der Waals surface area (Å²) in [6.45, 7) is -0.336. The molecule has 1 heterocycles. The first-order valence-electron chi connectivity index (χ1n) is 5.50. The van der Waals surface area contributed by atoms with Gasteiger partial charge in [0.15, 0.2) is 0 Å². The monoisotopic (exact) mass is 342 g/mol. The highest BCUT2D eigenvalue weighted by Crippen LogP contribution is 2.21. The molecule has 0 aliphatic rings. The lowest BCUT2D eigenvalue weighted by Gasteiger charge is -2.20. The summed E-state index contributed by atoms with van der Waals surface area (Å²) >= 11 is 3.02. The molecule has 1 aromatic rings. The van der Waals surface area contributed by atoms with Crippen LogP contribution in [0.2, 0.25) is 0 Å². The Hall–Kier alpha value is -1.09. The molecule has 0 unspecified atom stereocenters. The fraction of sp³-hybridized carbons (Fsp3) is 0.600. The molecule has 0 atom stereocenters. The normalized spacial score (nSPS) is 11.7. The van der Waals surface area contributed by atoms with Gasteiger partial charge >= 0.3 is 6.18 Å². The summed E-state index contributed by atoms with van der Waals surface area (Å²) < 4.78 is 37.2. The first-order valence-corrected chi connectivity index (χ1v) is 6.29. The largest absolute Gasteiger partial charge is 0.408 e. The second-order valence-corrected chi connectivity index (χ2v) is 4.78. The Balaban J connectivity index is 3.01. The predicted octanol–water partition coefficient (Wildman–Crippen LogP) is 1.35. The summed E-state index contributed by atoms with van der Waals surface area (Å²) in [6.07, 6.45) is -2.55. The smallest absolute Gasteiger partial charge is 0.372 e. The van der Waals surface area contributed by atoms with Crippen molar-refractivity contribution in [3.63, 3.8) is 0 Å². The van der Waals surface area contributed by atoms with Crippen molar-refractivity contribution >= 4 is 21.6 Å². The minimum atomic E-state index is -4.48. The number of hydrogen-bond acceptors (Lipinski definition) is 4. The molecule has 19 heavy (non-hydrogen) atoms. The van der Waals surface area contributed by atoms with Gasteiger partial charge < -0.3 is 10.6 Å². The number of nitrogens with two attached hydrogens (primary N) is 1. The Labute approximate surface area is 116 Å². The van der Waals surface area contributed by atoms with Crippen molar-refractivity contribution < 1.29 is 13.2 Å². The molecule has 0 bridgehead atoms. The maximum Gasteiger partial charge on any atom is 0.408 e. The van der Waals surface area contributed by atoms with Crippen molar-refractivity contribution in [2.45, 2.75) is 19.1 Å². The van der Waals surface area contributed by atoms with Crippen molar-refractivity contribution in [3.8, 4) is 0 Å². The maximum absolute atomic E-state index is 12.2. The predicted molar refractivity (Wildman–Crippen MR) is 69.2 cm³/mol. The van der Waals surface area contributed by atoms with Gasteiger partial charge in [0.2, 0.25) is 0 Å². The Morgan fingerprint density at radius 2 is 2.16 bits per heavy atom. The van der Waals surface area contributed by atoms with Gasteiger partial charge in [-0.05, 0) is 28.9 Å². The minimum absolute atomic E-state index is 0.0614. The lowest BCUT2D eigenvalue weighted by atomic mass is 10.3. The van der Waals surface area contributed by atoms with Gasteiger partial charge in [-0.1, -0.05) is 0 Å². The summed E-state index contributed by atoms with van der Waals surface area (Å²) in [5.41, 5.74) is 5.00. The fourth-order valence-electron chi connectivity index (χ4n) is 1.45. The minimum Gasteiger partial charge on any atom is -0.372 e. The molecule has 1 rings (SSSR count). The quantitative estimate of drug-likeness (QED) is 0.877. The molecule has 0 amide bonds. The maximum atomic E-state index is 12.2. The zero-order chi connectivity index (χ0) is 14.6. The first-order chi connectivity index (χ1) is 8.76. The van der Waals surface area contributed by atoms with Crippen LogP contribution in [0.3, 0.4) is 0 Å². The molecule has 5 nitrogen and oxygen atoms in total. The van der Waals surface area contributed by atoms with Crippen molar-refractivity contribution in [3.05, 3.63) is 21.0 Å². The summed E-state index contributed by atoms with van der Waals surface area (Å²) in [4.78, 5) is 13.5. The van der Waals surface area contributed by atoms with Gasteiger partial charge in [0.25, 0.3) is 5.56 Å². The lowest BCUT2D eigenvalue weighted by Crippen LogP contribution is -2.32. The average Bonchev–Trinajstić information content (AvgIpc) is 2.30. The van der Waals surface area contributed by atoms with Crippen LogP contribution in [0, 0.1) is 0 Å². The van der Waals surface area contributed by atoms with E-state index in [1.54, 1.807) is 11.9 Å². The fourth-order valence-corrected chi connectivity index (χ4v) is 2.06. The molecule has 0 aliphatic carbocycles. The molecule has 0 aliphatic heterocycles. The van der Waals surface area contributed by atoms with E-state index in [2.05, 4.69) is 21.0 Å². The van der Waals surface area contributed by atoms with Crippen LogP contribution in [0.1, 0.15) is 6.42 Å². The highest BCUT2D eigenvalue weighted by Gasteiger charge is 2.29. The Kier molecular flexibility index (Phi) is 5.36. The number of halogens is 4. The highest BCUT2D eigenvalue weighted by molar-refractivity contribution is 9.10. The standard InChI is InChI=1S/C10H14BrF3N4O/c1-17(4-2-3-15)7-5-16-18(6-10(12,13)14)9(19)8(7)11/h5H,2-4,6,15H2,1H3. The molecule has 9 heteroatoms. The van der Waals surface area contributed by atoms with Crippen molar-refractivity contribution in [1.29, 1.82) is 0 Å². The van der Waals surface area contributed by atoms with E-state index in [0.717, 1.165) is 0 Å². The van der Waals surface area contributed by atoms with Crippen molar-refractivity contribution in [2.24, 2.45) is 5.73 Å². The van der Waals surface area contributed by atoms with Crippen molar-refractivity contribution in [2.75, 3.05) is 25.0 Å². The zero-order valence-electron chi connectivity index (χ0n) is 10.2. The van der Waals surface area contributed by atoms with Crippen LogP contribution in [0.25, 0.3) is 0 Å². The molecule has 0 saturated heterocycles. The molecular weight excluding hydrogens is 329 g/mol. The number of nitrogens with zero attached hydrogens (tertiary/aromatic N) is 3. The molecular formula is C10H14BrF3N4O. The molecule has 0 fully saturated rings. The highest BCUT2D eigenvalue weighted by atomic mass is 79.9. The van der Waals surface area contributed by atoms with Crippen LogP contribution in [-0.2, 0) is 6.54 Å². The van der Waals surface area contributed by atoms with Crippen LogP contribution < -0.4 is 16.2 Å². The molecule has 0 spiro atoms. The number of rotatable bonds is 5. The van der Waals surface area contributed by atoms with Crippen LogP contribution in [0.4, 0.5) is 18.9 Å². The number of aromatic nitrogens is 2. The van der Waals surface area contributed by atoms with E-state index in [0.29, 0.717) is 29.9 Å². The number of alkyl halides is 3. The van der Waals surface area contributed by atoms with Crippen LogP contribution in [0.5, 0.6) is 0 Å². The molecule has 0 saturated carbocycles. The van der Waals surface area contributed by atoms with E-state index < -0.39 is 18.3 Å². The average molecular weight is 343 g/mol. The number of hydrogen-bond donors (Lipinski definition) is 1. The molecule has 0 aromatic carbocycles. The van der Waals surface area contributed by atoms with Crippen LogP contribution in [0.15, 0.2) is 15.5 Å². The van der Waals surface area contributed by atoms with Gasteiger partial charge in [-0.25, -0.2) is 4.68 Å². The third-order valence-corrected chi connectivity index (χ3v) is 3.15. The lowest BCUT2D eigenvalue weighted by molar-refractivity contribution is -0.143. The molecule has 108 valence electrons. The van der Waals surface area contributed by atoms with E-state index in [-0.39, 0.29) is 4.47 Å². The SMILES string of the molecule is CN(CCCN)c1cnn(CC(F)(F)F)c(=O)c1Br. The van der Waals surface area contributed by atoms with E-state index >= 15 is 0 Å². The van der Waals surface area contributed by atoms with Gasteiger partial charge in [-0.3, -0.25) is 4.79 Å².